The summed E-state index contributed by atoms with van der Waals surface area (Å²) >= 11 is 0. The molecule has 2 aliphatic heterocycles. The highest BCUT2D eigenvalue weighted by atomic mass is 127. The van der Waals surface area contributed by atoms with Gasteiger partial charge in [-0.15, -0.1) is 24.0 Å². The van der Waals surface area contributed by atoms with E-state index >= 15 is 0 Å². The molecule has 2 fully saturated rings. The van der Waals surface area contributed by atoms with Crippen LogP contribution in [0.1, 0.15) is 45.1 Å². The lowest BCUT2D eigenvalue weighted by Gasteiger charge is -2.35. The number of nitrogens with zero attached hydrogens (tertiary/aromatic N) is 4. The van der Waals surface area contributed by atoms with Crippen molar-refractivity contribution in [1.82, 2.24) is 20.0 Å². The fourth-order valence-electron chi connectivity index (χ4n) is 4.54. The van der Waals surface area contributed by atoms with E-state index in [4.69, 9.17) is 9.73 Å². The van der Waals surface area contributed by atoms with Crippen molar-refractivity contribution in [3.05, 3.63) is 35.9 Å². The summed E-state index contributed by atoms with van der Waals surface area (Å²) in [7, 11) is 0. The Morgan fingerprint density at radius 3 is 2.31 bits per heavy atom. The molecule has 0 saturated carbocycles. The zero-order chi connectivity index (χ0) is 21.7. The summed E-state index contributed by atoms with van der Waals surface area (Å²) < 4.78 is 5.78. The molecule has 0 unspecified atom stereocenters. The highest BCUT2D eigenvalue weighted by molar-refractivity contribution is 14.0. The first-order chi connectivity index (χ1) is 15.3. The lowest BCUT2D eigenvalue weighted by Crippen LogP contribution is -2.47. The van der Waals surface area contributed by atoms with E-state index in [1.807, 2.05) is 0 Å². The maximum atomic E-state index is 5.78. The second-order valence-corrected chi connectivity index (χ2v) is 8.69. The van der Waals surface area contributed by atoms with Gasteiger partial charge < -0.3 is 19.9 Å². The molecular weight excluding hydrogens is 513 g/mol. The number of nitrogens with one attached hydrogen (secondary N) is 1. The van der Waals surface area contributed by atoms with Crippen LogP contribution in [0.3, 0.4) is 0 Å². The van der Waals surface area contributed by atoms with Crippen molar-refractivity contribution in [2.24, 2.45) is 4.99 Å². The van der Waals surface area contributed by atoms with E-state index < -0.39 is 0 Å². The molecule has 6 nitrogen and oxygen atoms in total. The second-order valence-electron chi connectivity index (χ2n) is 8.69. The SMILES string of the molecule is CCNC(=NCCCCN1CCN(Cc2ccccc2)CC1)N1CCC(OCC)CC1.I. The zero-order valence-corrected chi connectivity index (χ0v) is 22.5. The number of piperidine rings is 1. The first-order valence-corrected chi connectivity index (χ1v) is 12.4. The third-order valence-electron chi connectivity index (χ3n) is 6.34. The van der Waals surface area contributed by atoms with Crippen LogP contribution in [-0.2, 0) is 11.3 Å². The molecule has 0 spiro atoms. The van der Waals surface area contributed by atoms with E-state index in [1.54, 1.807) is 0 Å². The van der Waals surface area contributed by atoms with Crippen LogP contribution in [0.4, 0.5) is 0 Å². The van der Waals surface area contributed by atoms with Crippen LogP contribution >= 0.6 is 24.0 Å². The van der Waals surface area contributed by atoms with Gasteiger partial charge in [0.1, 0.15) is 0 Å². The van der Waals surface area contributed by atoms with Crippen LogP contribution in [0.15, 0.2) is 35.3 Å². The van der Waals surface area contributed by atoms with Gasteiger partial charge in [0.25, 0.3) is 0 Å². The van der Waals surface area contributed by atoms with E-state index in [1.165, 1.54) is 44.7 Å². The van der Waals surface area contributed by atoms with Gasteiger partial charge in [-0.05, 0) is 51.6 Å². The molecule has 0 bridgehead atoms. The molecule has 32 heavy (non-hydrogen) atoms. The highest BCUT2D eigenvalue weighted by Gasteiger charge is 2.21. The van der Waals surface area contributed by atoms with Gasteiger partial charge in [0, 0.05) is 65.5 Å². The third kappa shape index (κ3) is 9.53. The van der Waals surface area contributed by atoms with E-state index in [2.05, 4.69) is 64.2 Å². The second kappa shape index (κ2) is 15.9. The van der Waals surface area contributed by atoms with Gasteiger partial charge in [-0.3, -0.25) is 9.89 Å². The maximum Gasteiger partial charge on any atom is 0.193 e. The molecule has 0 aromatic heterocycles. The Morgan fingerprint density at radius 1 is 0.969 bits per heavy atom. The smallest absolute Gasteiger partial charge is 0.193 e. The number of hydrogen-bond donors (Lipinski definition) is 1. The molecule has 3 rings (SSSR count). The summed E-state index contributed by atoms with van der Waals surface area (Å²) in [5, 5.41) is 3.48. The van der Waals surface area contributed by atoms with Crippen molar-refractivity contribution in [1.29, 1.82) is 0 Å². The minimum absolute atomic E-state index is 0. The molecule has 0 aliphatic carbocycles. The summed E-state index contributed by atoms with van der Waals surface area (Å²) in [5.74, 6) is 1.09. The summed E-state index contributed by atoms with van der Waals surface area (Å²) in [6.07, 6.45) is 5.03. The minimum atomic E-state index is 0. The van der Waals surface area contributed by atoms with Gasteiger partial charge >= 0.3 is 0 Å². The fourth-order valence-corrected chi connectivity index (χ4v) is 4.54. The summed E-state index contributed by atoms with van der Waals surface area (Å²) in [6, 6.07) is 10.8. The van der Waals surface area contributed by atoms with Crippen molar-refractivity contribution >= 4 is 29.9 Å². The van der Waals surface area contributed by atoms with Crippen molar-refractivity contribution in [3.63, 3.8) is 0 Å². The number of benzene rings is 1. The first-order valence-electron chi connectivity index (χ1n) is 12.4. The molecule has 1 aromatic rings. The molecule has 0 amide bonds. The predicted molar refractivity (Wildman–Crippen MR) is 145 cm³/mol. The largest absolute Gasteiger partial charge is 0.378 e. The van der Waals surface area contributed by atoms with E-state index in [-0.39, 0.29) is 24.0 Å². The average molecular weight is 558 g/mol. The predicted octanol–water partition coefficient (Wildman–Crippen LogP) is 3.67. The van der Waals surface area contributed by atoms with Gasteiger partial charge in [-0.1, -0.05) is 30.3 Å². The Morgan fingerprint density at radius 2 is 1.66 bits per heavy atom. The van der Waals surface area contributed by atoms with Gasteiger partial charge in [0.15, 0.2) is 5.96 Å². The van der Waals surface area contributed by atoms with E-state index in [0.717, 1.165) is 64.6 Å². The highest BCUT2D eigenvalue weighted by Crippen LogP contribution is 2.14. The van der Waals surface area contributed by atoms with Crippen molar-refractivity contribution in [3.8, 4) is 0 Å². The van der Waals surface area contributed by atoms with Crippen molar-refractivity contribution < 1.29 is 4.74 Å². The number of guanidine groups is 1. The van der Waals surface area contributed by atoms with Crippen LogP contribution in [0.25, 0.3) is 0 Å². The van der Waals surface area contributed by atoms with Gasteiger partial charge in [-0.25, -0.2) is 0 Å². The van der Waals surface area contributed by atoms with E-state index in [0.29, 0.717) is 6.10 Å². The molecule has 2 heterocycles. The van der Waals surface area contributed by atoms with Crippen LogP contribution in [-0.4, -0.2) is 92.3 Å². The molecule has 0 radical (unpaired) electrons. The number of halogens is 1. The van der Waals surface area contributed by atoms with Gasteiger partial charge in [-0.2, -0.15) is 0 Å². The Labute approximate surface area is 212 Å². The molecule has 2 saturated heterocycles. The number of unbranched alkanes of at least 4 members (excludes halogenated alkanes) is 1. The number of piperazine rings is 1. The quantitative estimate of drug-likeness (QED) is 0.206. The monoisotopic (exact) mass is 557 g/mol. The van der Waals surface area contributed by atoms with Crippen LogP contribution in [0.2, 0.25) is 0 Å². The van der Waals surface area contributed by atoms with Gasteiger partial charge in [0.2, 0.25) is 0 Å². The molecular formula is C25H44IN5O. The number of ether oxygens (including phenoxy) is 1. The maximum absolute atomic E-state index is 5.78. The molecule has 7 heteroatoms. The molecule has 2 aliphatic rings. The van der Waals surface area contributed by atoms with Crippen LogP contribution in [0, 0.1) is 0 Å². The Hall–Kier alpha value is -0.900. The Balaban J connectivity index is 0.00000363. The minimum Gasteiger partial charge on any atom is -0.378 e. The lowest BCUT2D eigenvalue weighted by molar-refractivity contribution is 0.0264. The number of aliphatic imine (C=N–C) groups is 1. The molecule has 182 valence electrons. The lowest BCUT2D eigenvalue weighted by atomic mass is 10.1. The summed E-state index contributed by atoms with van der Waals surface area (Å²) in [5.41, 5.74) is 1.42. The number of likely N-dealkylation sites (tertiary alicyclic amines) is 1. The zero-order valence-electron chi connectivity index (χ0n) is 20.2. The number of hydrogen-bond acceptors (Lipinski definition) is 4. The molecule has 1 aromatic carbocycles. The topological polar surface area (TPSA) is 43.3 Å². The Kier molecular flexibility index (Phi) is 13.5. The van der Waals surface area contributed by atoms with Gasteiger partial charge in [0.05, 0.1) is 6.10 Å². The first kappa shape index (κ1) is 27.3. The van der Waals surface area contributed by atoms with Crippen LogP contribution < -0.4 is 5.32 Å². The Bertz CT molecular complexity index is 628. The van der Waals surface area contributed by atoms with Crippen molar-refractivity contribution in [2.45, 2.75) is 52.2 Å². The molecule has 0 atom stereocenters. The fraction of sp³-hybridized carbons (Fsp3) is 0.720. The normalized spacial score (nSPS) is 19.1. The average Bonchev–Trinajstić information content (AvgIpc) is 2.81. The molecule has 1 N–H and O–H groups in total. The standard InChI is InChI=1S/C25H43N5O.HI/c1-3-26-25(30-16-12-24(13-17-30)31-4-2)27-14-8-9-15-28-18-20-29(21-19-28)22-23-10-6-5-7-11-23;/h5-7,10-11,24H,3-4,8-9,12-22H2,1-2H3,(H,26,27);1H. The summed E-state index contributed by atoms with van der Waals surface area (Å²) in [6.45, 7) is 16.0. The van der Waals surface area contributed by atoms with Crippen molar-refractivity contribution in [2.75, 3.05) is 65.5 Å². The van der Waals surface area contributed by atoms with Crippen LogP contribution in [0.5, 0.6) is 0 Å². The number of rotatable bonds is 10. The van der Waals surface area contributed by atoms with E-state index in [9.17, 15) is 0 Å². The third-order valence-corrected chi connectivity index (χ3v) is 6.34. The summed E-state index contributed by atoms with van der Waals surface area (Å²) in [4.78, 5) is 12.5.